The Balaban J connectivity index is 2.01. The van der Waals surface area contributed by atoms with Gasteiger partial charge in [0.1, 0.15) is 0 Å². The predicted molar refractivity (Wildman–Crippen MR) is 86.3 cm³/mol. The number of aromatic amines is 1. The highest BCUT2D eigenvalue weighted by Gasteiger charge is 2.07. The molecule has 0 fully saturated rings. The average Bonchev–Trinajstić information content (AvgIpc) is 2.87. The zero-order chi connectivity index (χ0) is 13.5. The molecule has 0 aliphatic heterocycles. The highest BCUT2D eigenvalue weighted by atomic mass is 35.5. The molecule has 0 amide bonds. The maximum atomic E-state index is 6.25. The van der Waals surface area contributed by atoms with Crippen molar-refractivity contribution >= 4 is 33.4 Å². The fourth-order valence-corrected chi connectivity index (χ4v) is 2.92. The summed E-state index contributed by atoms with van der Waals surface area (Å²) in [6.45, 7) is 0. The summed E-state index contributed by atoms with van der Waals surface area (Å²) >= 11 is 6.25. The summed E-state index contributed by atoms with van der Waals surface area (Å²) in [7, 11) is 0. The molecule has 0 aliphatic carbocycles. The van der Waals surface area contributed by atoms with Crippen LogP contribution in [0.5, 0.6) is 0 Å². The third-order valence-corrected chi connectivity index (χ3v) is 4.01. The molecule has 96 valence electrons. The van der Waals surface area contributed by atoms with Gasteiger partial charge in [0.15, 0.2) is 0 Å². The van der Waals surface area contributed by atoms with Crippen LogP contribution in [0.3, 0.4) is 0 Å². The molecule has 0 saturated heterocycles. The van der Waals surface area contributed by atoms with Gasteiger partial charge in [0, 0.05) is 16.3 Å². The van der Waals surface area contributed by atoms with Crippen molar-refractivity contribution in [2.75, 3.05) is 0 Å². The van der Waals surface area contributed by atoms with Crippen molar-refractivity contribution in [2.24, 2.45) is 0 Å². The summed E-state index contributed by atoms with van der Waals surface area (Å²) in [6.07, 6.45) is 0. The number of hydrogen-bond acceptors (Lipinski definition) is 0. The molecule has 4 aromatic rings. The molecule has 0 atom stereocenters. The summed E-state index contributed by atoms with van der Waals surface area (Å²) < 4.78 is 0. The molecule has 0 unspecified atom stereocenters. The van der Waals surface area contributed by atoms with Gasteiger partial charge in [-0.3, -0.25) is 0 Å². The Bertz CT molecular complexity index is 907. The van der Waals surface area contributed by atoms with Gasteiger partial charge in [-0.25, -0.2) is 0 Å². The minimum Gasteiger partial charge on any atom is -0.353 e. The molecular formula is C18H12ClN. The van der Waals surface area contributed by atoms with Crippen molar-refractivity contribution < 1.29 is 0 Å². The van der Waals surface area contributed by atoms with Crippen LogP contribution in [0, 0.1) is 0 Å². The summed E-state index contributed by atoms with van der Waals surface area (Å²) in [4.78, 5) is 3.42. The van der Waals surface area contributed by atoms with Crippen molar-refractivity contribution in [3.63, 3.8) is 0 Å². The first-order valence-corrected chi connectivity index (χ1v) is 6.96. The van der Waals surface area contributed by atoms with E-state index in [1.807, 2.05) is 18.2 Å². The predicted octanol–water partition coefficient (Wildman–Crippen LogP) is 5.64. The van der Waals surface area contributed by atoms with E-state index in [-0.39, 0.29) is 0 Å². The molecular weight excluding hydrogens is 266 g/mol. The molecule has 20 heavy (non-hydrogen) atoms. The lowest BCUT2D eigenvalue weighted by Gasteiger charge is -2.01. The number of fused-ring (bicyclic) bond motifs is 3. The third kappa shape index (κ3) is 1.71. The molecule has 4 rings (SSSR count). The van der Waals surface area contributed by atoms with Gasteiger partial charge >= 0.3 is 0 Å². The SMILES string of the molecule is Clc1cccc2c1[nH]c1cc(-c3ccccc3)ccc12. The second kappa shape index (κ2) is 4.39. The van der Waals surface area contributed by atoms with Crippen molar-refractivity contribution in [1.82, 2.24) is 4.98 Å². The van der Waals surface area contributed by atoms with E-state index in [1.165, 1.54) is 21.9 Å². The van der Waals surface area contributed by atoms with Gasteiger partial charge in [-0.05, 0) is 23.3 Å². The van der Waals surface area contributed by atoms with Crippen LogP contribution in [0.25, 0.3) is 32.9 Å². The first kappa shape index (κ1) is 11.6. The van der Waals surface area contributed by atoms with Gasteiger partial charge in [0.25, 0.3) is 0 Å². The lowest BCUT2D eigenvalue weighted by molar-refractivity contribution is 1.54. The van der Waals surface area contributed by atoms with Gasteiger partial charge < -0.3 is 4.98 Å². The molecule has 0 spiro atoms. The molecule has 0 saturated carbocycles. The number of aromatic nitrogens is 1. The quantitative estimate of drug-likeness (QED) is 0.463. The van der Waals surface area contributed by atoms with Gasteiger partial charge in [-0.15, -0.1) is 0 Å². The average molecular weight is 278 g/mol. The summed E-state index contributed by atoms with van der Waals surface area (Å²) in [6, 6.07) is 22.9. The van der Waals surface area contributed by atoms with Crippen LogP contribution in [0.15, 0.2) is 66.7 Å². The van der Waals surface area contributed by atoms with Crippen LogP contribution in [-0.2, 0) is 0 Å². The fourth-order valence-electron chi connectivity index (χ4n) is 2.70. The number of H-pyrrole nitrogens is 1. The number of nitrogens with one attached hydrogen (secondary N) is 1. The summed E-state index contributed by atoms with van der Waals surface area (Å²) in [5.74, 6) is 0. The van der Waals surface area contributed by atoms with E-state index in [0.717, 1.165) is 16.1 Å². The van der Waals surface area contributed by atoms with E-state index in [0.29, 0.717) is 0 Å². The highest BCUT2D eigenvalue weighted by molar-refractivity contribution is 6.36. The standard InChI is InChI=1S/C18H12ClN/c19-16-8-4-7-15-14-10-9-13(11-17(14)20-18(15)16)12-5-2-1-3-6-12/h1-11,20H. The van der Waals surface area contributed by atoms with E-state index >= 15 is 0 Å². The first-order valence-electron chi connectivity index (χ1n) is 6.58. The summed E-state index contributed by atoms with van der Waals surface area (Å²) in [5, 5.41) is 3.15. The molecule has 1 aromatic heterocycles. The Morgan fingerprint density at radius 2 is 1.55 bits per heavy atom. The lowest BCUT2D eigenvalue weighted by atomic mass is 10.0. The Kier molecular flexibility index (Phi) is 2.54. The van der Waals surface area contributed by atoms with Crippen LogP contribution in [0.2, 0.25) is 5.02 Å². The van der Waals surface area contributed by atoms with Crippen LogP contribution >= 0.6 is 11.6 Å². The number of rotatable bonds is 1. The smallest absolute Gasteiger partial charge is 0.0654 e. The monoisotopic (exact) mass is 277 g/mol. The molecule has 1 N–H and O–H groups in total. The molecule has 1 nitrogen and oxygen atoms in total. The Morgan fingerprint density at radius 1 is 0.700 bits per heavy atom. The Labute approximate surface area is 121 Å². The minimum absolute atomic E-state index is 0.764. The molecule has 3 aromatic carbocycles. The zero-order valence-electron chi connectivity index (χ0n) is 10.7. The van der Waals surface area contributed by atoms with Crippen molar-refractivity contribution in [3.8, 4) is 11.1 Å². The van der Waals surface area contributed by atoms with Crippen molar-refractivity contribution in [2.45, 2.75) is 0 Å². The van der Waals surface area contributed by atoms with Crippen molar-refractivity contribution in [1.29, 1.82) is 0 Å². The Hall–Kier alpha value is -2.25. The number of benzene rings is 3. The lowest BCUT2D eigenvalue weighted by Crippen LogP contribution is -1.77. The fraction of sp³-hybridized carbons (Fsp3) is 0. The second-order valence-corrected chi connectivity index (χ2v) is 5.32. The Morgan fingerprint density at radius 3 is 2.40 bits per heavy atom. The first-order chi connectivity index (χ1) is 9.83. The summed E-state index contributed by atoms with van der Waals surface area (Å²) in [5.41, 5.74) is 4.56. The van der Waals surface area contributed by atoms with Gasteiger partial charge in [0.2, 0.25) is 0 Å². The minimum atomic E-state index is 0.764. The number of para-hydroxylation sites is 1. The largest absolute Gasteiger partial charge is 0.353 e. The van der Waals surface area contributed by atoms with Gasteiger partial charge in [-0.2, -0.15) is 0 Å². The zero-order valence-corrected chi connectivity index (χ0v) is 11.5. The van der Waals surface area contributed by atoms with E-state index in [2.05, 4.69) is 53.5 Å². The van der Waals surface area contributed by atoms with Gasteiger partial charge in [0.05, 0.1) is 10.5 Å². The van der Waals surface area contributed by atoms with E-state index in [9.17, 15) is 0 Å². The normalized spacial score (nSPS) is 11.2. The van der Waals surface area contributed by atoms with Crippen LogP contribution < -0.4 is 0 Å². The molecule has 0 bridgehead atoms. The topological polar surface area (TPSA) is 15.8 Å². The van der Waals surface area contributed by atoms with E-state index in [4.69, 9.17) is 11.6 Å². The van der Waals surface area contributed by atoms with Crippen LogP contribution in [0.4, 0.5) is 0 Å². The van der Waals surface area contributed by atoms with E-state index in [1.54, 1.807) is 0 Å². The maximum Gasteiger partial charge on any atom is 0.0654 e. The molecule has 1 heterocycles. The molecule has 2 heteroatoms. The number of halogens is 1. The van der Waals surface area contributed by atoms with E-state index < -0.39 is 0 Å². The maximum absolute atomic E-state index is 6.25. The third-order valence-electron chi connectivity index (χ3n) is 3.69. The molecule has 0 radical (unpaired) electrons. The van der Waals surface area contributed by atoms with Crippen LogP contribution in [0.1, 0.15) is 0 Å². The number of hydrogen-bond donors (Lipinski definition) is 1. The second-order valence-electron chi connectivity index (χ2n) is 4.91. The van der Waals surface area contributed by atoms with Crippen molar-refractivity contribution in [3.05, 3.63) is 71.8 Å². The molecule has 0 aliphatic rings. The van der Waals surface area contributed by atoms with Gasteiger partial charge in [-0.1, -0.05) is 66.2 Å². The van der Waals surface area contributed by atoms with Crippen LogP contribution in [-0.4, -0.2) is 4.98 Å². The highest BCUT2D eigenvalue weighted by Crippen LogP contribution is 2.32.